The van der Waals surface area contributed by atoms with Gasteiger partial charge in [0.1, 0.15) is 0 Å². The van der Waals surface area contributed by atoms with E-state index in [0.717, 1.165) is 19.3 Å². The fourth-order valence-electron chi connectivity index (χ4n) is 0.674. The Labute approximate surface area is 86.9 Å². The van der Waals surface area contributed by atoms with Gasteiger partial charge in [0.2, 0.25) is 0 Å². The van der Waals surface area contributed by atoms with Crippen molar-refractivity contribution >= 4 is 28.7 Å². The molecule has 0 fully saturated rings. The Hall–Kier alpha value is 0. The van der Waals surface area contributed by atoms with Gasteiger partial charge in [-0.1, -0.05) is 19.8 Å². The minimum Gasteiger partial charge on any atom is -0.434 e. The number of unbranched alkanes of at least 4 members (excludes halogenated alkanes) is 2. The smallest absolute Gasteiger partial charge is 0.434 e. The molecular weight excluding hydrogens is 271 g/mol. The average molecular weight is 286 g/mol. The van der Waals surface area contributed by atoms with E-state index < -0.39 is 6.16 Å². The first-order valence-electron chi connectivity index (χ1n) is 4.14. The molecule has 0 heterocycles. The molecule has 0 aromatic heterocycles. The summed E-state index contributed by atoms with van der Waals surface area (Å²) in [6.45, 7) is 4.36. The predicted octanol–water partition coefficient (Wildman–Crippen LogP) is 3.11. The summed E-state index contributed by atoms with van der Waals surface area (Å²) in [5, 5.41) is 0. The van der Waals surface area contributed by atoms with Crippen LogP contribution in [0.4, 0.5) is 4.79 Å². The number of carbonyl (C=O) groups is 1. The summed E-state index contributed by atoms with van der Waals surface area (Å²) in [5.74, 6) is 0. The van der Waals surface area contributed by atoms with Crippen molar-refractivity contribution in [2.24, 2.45) is 0 Å². The van der Waals surface area contributed by atoms with Gasteiger partial charge in [-0.15, -0.1) is 0 Å². The van der Waals surface area contributed by atoms with E-state index in [-0.39, 0.29) is 4.11 Å². The van der Waals surface area contributed by atoms with Crippen LogP contribution in [0.5, 0.6) is 0 Å². The lowest BCUT2D eigenvalue weighted by Crippen LogP contribution is -2.11. The maximum atomic E-state index is 10.8. The predicted molar refractivity (Wildman–Crippen MR) is 55.4 cm³/mol. The second-order valence-corrected chi connectivity index (χ2v) is 4.22. The van der Waals surface area contributed by atoms with E-state index >= 15 is 0 Å². The third-order valence-corrected chi connectivity index (χ3v) is 1.48. The molecule has 0 aliphatic heterocycles. The number of hydrogen-bond donors (Lipinski definition) is 0. The first-order valence-corrected chi connectivity index (χ1v) is 5.39. The van der Waals surface area contributed by atoms with Crippen molar-refractivity contribution < 1.29 is 14.3 Å². The lowest BCUT2D eigenvalue weighted by Gasteiger charge is -2.06. The molecule has 0 radical (unpaired) electrons. The van der Waals surface area contributed by atoms with Crippen LogP contribution in [0.2, 0.25) is 0 Å². The summed E-state index contributed by atoms with van der Waals surface area (Å²) < 4.78 is 9.42. The standard InChI is InChI=1S/C8H15IO3/c1-3-4-5-6-11-8(10)12-7(2)9/h7H,3-6H2,1-2H3. The molecule has 0 rings (SSSR count). The van der Waals surface area contributed by atoms with Crippen molar-refractivity contribution in [2.75, 3.05) is 6.61 Å². The van der Waals surface area contributed by atoms with Gasteiger partial charge in [0.25, 0.3) is 0 Å². The van der Waals surface area contributed by atoms with Crippen LogP contribution in [-0.2, 0) is 9.47 Å². The van der Waals surface area contributed by atoms with Crippen LogP contribution >= 0.6 is 22.6 Å². The maximum absolute atomic E-state index is 10.8. The zero-order valence-electron chi connectivity index (χ0n) is 7.51. The molecule has 0 bridgehead atoms. The van der Waals surface area contributed by atoms with E-state index in [9.17, 15) is 4.79 Å². The van der Waals surface area contributed by atoms with Gasteiger partial charge < -0.3 is 9.47 Å². The summed E-state index contributed by atoms with van der Waals surface area (Å²) in [5.41, 5.74) is 0. The Kier molecular flexibility index (Phi) is 7.64. The summed E-state index contributed by atoms with van der Waals surface area (Å²) in [7, 11) is 0. The molecular formula is C8H15IO3. The third-order valence-electron chi connectivity index (χ3n) is 1.23. The molecule has 0 N–H and O–H groups in total. The van der Waals surface area contributed by atoms with Crippen molar-refractivity contribution in [3.05, 3.63) is 0 Å². The molecule has 4 heteroatoms. The Bertz CT molecular complexity index is 125. The molecule has 3 nitrogen and oxygen atoms in total. The first-order chi connectivity index (χ1) is 5.66. The Balaban J connectivity index is 3.20. The van der Waals surface area contributed by atoms with E-state index in [0.29, 0.717) is 6.61 Å². The maximum Gasteiger partial charge on any atom is 0.509 e. The summed E-state index contributed by atoms with van der Waals surface area (Å²) in [6, 6.07) is 0. The van der Waals surface area contributed by atoms with Crippen LogP contribution < -0.4 is 0 Å². The van der Waals surface area contributed by atoms with Gasteiger partial charge >= 0.3 is 6.16 Å². The monoisotopic (exact) mass is 286 g/mol. The molecule has 0 spiro atoms. The molecule has 0 aliphatic carbocycles. The summed E-state index contributed by atoms with van der Waals surface area (Å²) in [6.07, 6.45) is 2.57. The number of alkyl halides is 1. The zero-order chi connectivity index (χ0) is 9.40. The average Bonchev–Trinajstić information content (AvgIpc) is 1.97. The molecule has 12 heavy (non-hydrogen) atoms. The van der Waals surface area contributed by atoms with Crippen LogP contribution in [0.1, 0.15) is 33.1 Å². The highest BCUT2D eigenvalue weighted by atomic mass is 127. The van der Waals surface area contributed by atoms with Crippen LogP contribution in [0.15, 0.2) is 0 Å². The Morgan fingerprint density at radius 1 is 1.50 bits per heavy atom. The lowest BCUT2D eigenvalue weighted by atomic mass is 10.3. The molecule has 0 aromatic rings. The van der Waals surface area contributed by atoms with E-state index in [1.165, 1.54) is 0 Å². The molecule has 1 atom stereocenters. The van der Waals surface area contributed by atoms with Crippen LogP contribution in [0.25, 0.3) is 0 Å². The van der Waals surface area contributed by atoms with E-state index in [1.807, 2.05) is 22.6 Å². The second-order valence-electron chi connectivity index (χ2n) is 2.47. The number of rotatable bonds is 5. The molecule has 72 valence electrons. The fourth-order valence-corrected chi connectivity index (χ4v) is 0.882. The lowest BCUT2D eigenvalue weighted by molar-refractivity contribution is 0.0538. The van der Waals surface area contributed by atoms with Gasteiger partial charge in [-0.05, 0) is 35.9 Å². The molecule has 0 saturated carbocycles. The van der Waals surface area contributed by atoms with Crippen molar-refractivity contribution in [3.63, 3.8) is 0 Å². The van der Waals surface area contributed by atoms with E-state index in [4.69, 9.17) is 9.47 Å². The van der Waals surface area contributed by atoms with Crippen molar-refractivity contribution in [1.82, 2.24) is 0 Å². The quantitative estimate of drug-likeness (QED) is 0.337. The highest BCUT2D eigenvalue weighted by Crippen LogP contribution is 2.03. The largest absolute Gasteiger partial charge is 0.509 e. The van der Waals surface area contributed by atoms with Crippen LogP contribution in [0, 0.1) is 0 Å². The van der Waals surface area contributed by atoms with Gasteiger partial charge in [-0.2, -0.15) is 0 Å². The normalized spacial score (nSPS) is 12.2. The van der Waals surface area contributed by atoms with Crippen molar-refractivity contribution in [3.8, 4) is 0 Å². The Morgan fingerprint density at radius 3 is 2.67 bits per heavy atom. The molecule has 0 saturated heterocycles. The summed E-state index contributed by atoms with van der Waals surface area (Å²) in [4.78, 5) is 10.8. The second kappa shape index (κ2) is 7.64. The van der Waals surface area contributed by atoms with Crippen LogP contribution in [0.3, 0.4) is 0 Å². The first kappa shape index (κ1) is 12.0. The van der Waals surface area contributed by atoms with Gasteiger partial charge in [0.05, 0.1) is 6.61 Å². The zero-order valence-corrected chi connectivity index (χ0v) is 9.67. The minimum atomic E-state index is -0.562. The topological polar surface area (TPSA) is 35.5 Å². The Morgan fingerprint density at radius 2 is 2.17 bits per heavy atom. The van der Waals surface area contributed by atoms with E-state index in [2.05, 4.69) is 6.92 Å². The van der Waals surface area contributed by atoms with E-state index in [1.54, 1.807) is 6.92 Å². The SMILES string of the molecule is CCCCCOC(=O)OC(C)I. The number of halogens is 1. The van der Waals surface area contributed by atoms with Crippen molar-refractivity contribution in [1.29, 1.82) is 0 Å². The van der Waals surface area contributed by atoms with Gasteiger partial charge in [-0.25, -0.2) is 4.79 Å². The molecule has 0 amide bonds. The minimum absolute atomic E-state index is 0.124. The molecule has 0 aromatic carbocycles. The number of hydrogen-bond acceptors (Lipinski definition) is 3. The third kappa shape index (κ3) is 8.10. The summed E-state index contributed by atoms with van der Waals surface area (Å²) >= 11 is 2.00. The highest BCUT2D eigenvalue weighted by Gasteiger charge is 2.05. The van der Waals surface area contributed by atoms with Gasteiger partial charge in [0, 0.05) is 0 Å². The number of ether oxygens (including phenoxy) is 2. The van der Waals surface area contributed by atoms with Crippen LogP contribution in [-0.4, -0.2) is 16.9 Å². The molecule has 0 aliphatic rings. The highest BCUT2D eigenvalue weighted by molar-refractivity contribution is 14.1. The fraction of sp³-hybridized carbons (Fsp3) is 0.875. The number of carbonyl (C=O) groups excluding carboxylic acids is 1. The van der Waals surface area contributed by atoms with Gasteiger partial charge in [-0.3, -0.25) is 0 Å². The molecule has 1 unspecified atom stereocenters. The van der Waals surface area contributed by atoms with Gasteiger partial charge in [0.15, 0.2) is 4.11 Å². The van der Waals surface area contributed by atoms with Crippen molar-refractivity contribution in [2.45, 2.75) is 37.2 Å².